The van der Waals surface area contributed by atoms with E-state index in [1.165, 1.54) is 11.1 Å². The summed E-state index contributed by atoms with van der Waals surface area (Å²) in [4.78, 5) is 9.69. The van der Waals surface area contributed by atoms with Crippen molar-refractivity contribution in [1.29, 1.82) is 0 Å². The van der Waals surface area contributed by atoms with Gasteiger partial charge in [-0.15, -0.1) is 0 Å². The maximum atomic E-state index is 5.14. The second-order valence-corrected chi connectivity index (χ2v) is 10.9. The molecule has 0 amide bonds. The van der Waals surface area contributed by atoms with Crippen molar-refractivity contribution in [2.24, 2.45) is 0 Å². The number of benzene rings is 4. The number of hydrogen-bond donors (Lipinski definition) is 1. The highest BCUT2D eigenvalue weighted by atomic mass is 15.3. The molecule has 0 saturated heterocycles. The van der Waals surface area contributed by atoms with Gasteiger partial charge in [-0.3, -0.25) is 0 Å². The van der Waals surface area contributed by atoms with Gasteiger partial charge in [0.2, 0.25) is 0 Å². The van der Waals surface area contributed by atoms with E-state index in [9.17, 15) is 0 Å². The summed E-state index contributed by atoms with van der Waals surface area (Å²) in [5, 5.41) is 9.60. The molecule has 0 bridgehead atoms. The average Bonchev–Trinajstić information content (AvgIpc) is 3.74. The van der Waals surface area contributed by atoms with Crippen LogP contribution in [0.25, 0.3) is 22.3 Å². The fourth-order valence-corrected chi connectivity index (χ4v) is 6.33. The first-order valence-corrected chi connectivity index (χ1v) is 14.4. The molecule has 4 aromatic carbocycles. The third-order valence-electron chi connectivity index (χ3n) is 8.74. The number of fused-ring (bicyclic) bond motifs is 1. The molecule has 6 aromatic rings. The monoisotopic (exact) mass is 535 g/mol. The fourth-order valence-electron chi connectivity index (χ4n) is 6.33. The Kier molecular flexibility index (Phi) is 6.25. The molecule has 0 aliphatic heterocycles. The van der Waals surface area contributed by atoms with Crippen molar-refractivity contribution >= 4 is 11.0 Å². The number of nitrogens with zero attached hydrogens (tertiary/aromatic N) is 4. The molecule has 2 aromatic heterocycles. The Morgan fingerprint density at radius 1 is 0.780 bits per heavy atom. The first-order valence-electron chi connectivity index (χ1n) is 14.4. The minimum Gasteiger partial charge on any atom is -0.310 e. The summed E-state index contributed by atoms with van der Waals surface area (Å²) >= 11 is 0. The van der Waals surface area contributed by atoms with Crippen LogP contribution in [-0.2, 0) is 17.5 Å². The van der Waals surface area contributed by atoms with E-state index in [1.807, 2.05) is 13.2 Å². The van der Waals surface area contributed by atoms with Crippen molar-refractivity contribution < 1.29 is 0 Å². The van der Waals surface area contributed by atoms with Gasteiger partial charge in [0.25, 0.3) is 0 Å². The van der Waals surface area contributed by atoms with E-state index in [2.05, 4.69) is 126 Å². The molecule has 1 fully saturated rings. The van der Waals surface area contributed by atoms with Crippen molar-refractivity contribution in [2.45, 2.75) is 37.3 Å². The molecule has 0 radical (unpaired) electrons. The van der Waals surface area contributed by atoms with Gasteiger partial charge in [-0.05, 0) is 60.2 Å². The summed E-state index contributed by atoms with van der Waals surface area (Å²) in [5.41, 5.74) is 8.07. The van der Waals surface area contributed by atoms with Crippen LogP contribution in [0.1, 0.15) is 47.6 Å². The Morgan fingerprint density at radius 2 is 1.46 bits per heavy atom. The van der Waals surface area contributed by atoms with Crippen LogP contribution in [0.5, 0.6) is 0 Å². The number of hydrogen-bond acceptors (Lipinski definition) is 4. The molecule has 7 rings (SSSR count). The molecule has 1 N–H and O–H groups in total. The lowest BCUT2D eigenvalue weighted by atomic mass is 9.76. The van der Waals surface area contributed by atoms with Crippen molar-refractivity contribution in [3.63, 3.8) is 0 Å². The van der Waals surface area contributed by atoms with Gasteiger partial charge in [-0.25, -0.2) is 14.6 Å². The summed E-state index contributed by atoms with van der Waals surface area (Å²) in [6.45, 7) is 2.20. The van der Waals surface area contributed by atoms with Crippen molar-refractivity contribution in [3.05, 3.63) is 150 Å². The second kappa shape index (κ2) is 10.1. The SMILES string of the molecule is CCc1cccc(C(c2ccccc2)(c2ccccc2)n2ncc3c(-c4cccc(C5(NC)CC5)c4)ncnc32)c1. The molecule has 5 heteroatoms. The maximum absolute atomic E-state index is 5.14. The number of aromatic nitrogens is 4. The Hall–Kier alpha value is -4.61. The predicted octanol–water partition coefficient (Wildman–Crippen LogP) is 7.10. The summed E-state index contributed by atoms with van der Waals surface area (Å²) in [5.74, 6) is 0. The number of aryl methyl sites for hydroxylation is 1. The molecule has 0 spiro atoms. The van der Waals surface area contributed by atoms with Crippen LogP contribution < -0.4 is 5.32 Å². The van der Waals surface area contributed by atoms with Crippen molar-refractivity contribution in [3.8, 4) is 11.3 Å². The smallest absolute Gasteiger partial charge is 0.163 e. The molecule has 1 aliphatic rings. The second-order valence-electron chi connectivity index (χ2n) is 10.9. The van der Waals surface area contributed by atoms with E-state index in [1.54, 1.807) is 6.33 Å². The molecule has 41 heavy (non-hydrogen) atoms. The molecular weight excluding hydrogens is 502 g/mol. The van der Waals surface area contributed by atoms with E-state index in [4.69, 9.17) is 15.1 Å². The lowest BCUT2D eigenvalue weighted by molar-refractivity contribution is 0.472. The predicted molar refractivity (Wildman–Crippen MR) is 165 cm³/mol. The third-order valence-corrected chi connectivity index (χ3v) is 8.74. The quantitative estimate of drug-likeness (QED) is 0.211. The van der Waals surface area contributed by atoms with Crippen LogP contribution in [0.15, 0.2) is 122 Å². The first-order chi connectivity index (χ1) is 20.2. The highest BCUT2D eigenvalue weighted by molar-refractivity contribution is 5.90. The van der Waals surface area contributed by atoms with Crippen LogP contribution in [-0.4, -0.2) is 26.8 Å². The van der Waals surface area contributed by atoms with Gasteiger partial charge in [-0.1, -0.05) is 110 Å². The van der Waals surface area contributed by atoms with E-state index >= 15 is 0 Å². The average molecular weight is 536 g/mol. The fraction of sp³-hybridized carbons (Fsp3) is 0.194. The minimum absolute atomic E-state index is 0.0758. The van der Waals surface area contributed by atoms with Crippen LogP contribution >= 0.6 is 0 Å². The zero-order chi connectivity index (χ0) is 27.9. The highest BCUT2D eigenvalue weighted by Crippen LogP contribution is 2.46. The first kappa shape index (κ1) is 25.4. The van der Waals surface area contributed by atoms with Gasteiger partial charge in [0.15, 0.2) is 5.65 Å². The molecule has 0 unspecified atom stereocenters. The van der Waals surface area contributed by atoms with Gasteiger partial charge in [0, 0.05) is 11.1 Å². The van der Waals surface area contributed by atoms with Gasteiger partial charge in [-0.2, -0.15) is 5.10 Å². The Balaban J connectivity index is 1.52. The van der Waals surface area contributed by atoms with Gasteiger partial charge in [0.05, 0.1) is 17.3 Å². The lowest BCUT2D eigenvalue weighted by Crippen LogP contribution is -2.38. The Morgan fingerprint density at radius 3 is 2.12 bits per heavy atom. The lowest BCUT2D eigenvalue weighted by Gasteiger charge is -2.36. The maximum Gasteiger partial charge on any atom is 0.163 e. The van der Waals surface area contributed by atoms with Crippen LogP contribution in [0, 0.1) is 0 Å². The van der Waals surface area contributed by atoms with E-state index in [-0.39, 0.29) is 5.54 Å². The summed E-state index contributed by atoms with van der Waals surface area (Å²) < 4.78 is 2.10. The minimum atomic E-state index is -0.743. The van der Waals surface area contributed by atoms with E-state index < -0.39 is 5.54 Å². The normalized spacial score (nSPS) is 14.3. The zero-order valence-corrected chi connectivity index (χ0v) is 23.5. The highest BCUT2D eigenvalue weighted by Gasteiger charge is 2.43. The molecular formula is C36H33N5. The van der Waals surface area contributed by atoms with Crippen molar-refractivity contribution in [2.75, 3.05) is 7.05 Å². The standard InChI is InChI=1S/C36H33N5/c1-3-26-12-10-19-31(22-26)36(28-14-6-4-7-15-28,29-16-8-5-9-17-29)41-34-32(24-40-41)33(38-25-39-34)27-13-11-18-30(23-27)35(37-2)20-21-35/h4-19,22-25,37H,3,20-21H2,1-2H3. The van der Waals surface area contributed by atoms with Gasteiger partial charge in [0.1, 0.15) is 11.9 Å². The largest absolute Gasteiger partial charge is 0.310 e. The Labute approximate surface area is 240 Å². The molecule has 0 atom stereocenters. The van der Waals surface area contributed by atoms with Crippen LogP contribution in [0.3, 0.4) is 0 Å². The van der Waals surface area contributed by atoms with Crippen LogP contribution in [0.4, 0.5) is 0 Å². The summed E-state index contributed by atoms with van der Waals surface area (Å²) in [7, 11) is 2.05. The van der Waals surface area contributed by atoms with Crippen LogP contribution in [0.2, 0.25) is 0 Å². The van der Waals surface area contributed by atoms with E-state index in [0.29, 0.717) is 0 Å². The summed E-state index contributed by atoms with van der Waals surface area (Å²) in [6, 6.07) is 38.9. The summed E-state index contributed by atoms with van der Waals surface area (Å²) in [6.07, 6.45) is 6.86. The molecule has 1 saturated carbocycles. The molecule has 5 nitrogen and oxygen atoms in total. The van der Waals surface area contributed by atoms with Crippen molar-refractivity contribution in [1.82, 2.24) is 25.1 Å². The van der Waals surface area contributed by atoms with Gasteiger partial charge >= 0.3 is 0 Å². The van der Waals surface area contributed by atoms with Gasteiger partial charge < -0.3 is 5.32 Å². The molecule has 2 heterocycles. The molecule has 202 valence electrons. The Bertz CT molecular complexity index is 1780. The zero-order valence-electron chi connectivity index (χ0n) is 23.5. The topological polar surface area (TPSA) is 55.6 Å². The third kappa shape index (κ3) is 4.08. The number of nitrogens with one attached hydrogen (secondary N) is 1. The molecule has 1 aliphatic carbocycles. The van der Waals surface area contributed by atoms with E-state index in [0.717, 1.165) is 58.2 Å². The number of rotatable bonds is 8.